The SMILES string of the molecule is CCN(CC(C)(C)CN)S(=O)(=O)CCCC(=O)O. The molecule has 7 heteroatoms. The van der Waals surface area contributed by atoms with Crippen LogP contribution in [0.3, 0.4) is 0 Å². The molecule has 0 aromatic heterocycles. The van der Waals surface area contributed by atoms with Crippen LogP contribution < -0.4 is 5.73 Å². The van der Waals surface area contributed by atoms with Crippen molar-refractivity contribution in [1.29, 1.82) is 0 Å². The van der Waals surface area contributed by atoms with Gasteiger partial charge in [0.2, 0.25) is 10.0 Å². The fourth-order valence-electron chi connectivity index (χ4n) is 1.48. The van der Waals surface area contributed by atoms with Crippen LogP contribution in [-0.4, -0.2) is 49.2 Å². The number of rotatable bonds is 9. The summed E-state index contributed by atoms with van der Waals surface area (Å²) >= 11 is 0. The number of nitrogens with zero attached hydrogens (tertiary/aromatic N) is 1. The van der Waals surface area contributed by atoms with Gasteiger partial charge in [0.05, 0.1) is 5.75 Å². The summed E-state index contributed by atoms with van der Waals surface area (Å²) in [7, 11) is -3.40. The number of nitrogens with two attached hydrogens (primary N) is 1. The van der Waals surface area contributed by atoms with Gasteiger partial charge in [-0.2, -0.15) is 0 Å². The summed E-state index contributed by atoms with van der Waals surface area (Å²) in [5.41, 5.74) is 5.31. The van der Waals surface area contributed by atoms with Gasteiger partial charge in [-0.05, 0) is 18.4 Å². The van der Waals surface area contributed by atoms with E-state index in [1.54, 1.807) is 6.92 Å². The molecule has 0 unspecified atom stereocenters. The molecule has 0 aliphatic carbocycles. The van der Waals surface area contributed by atoms with E-state index in [4.69, 9.17) is 10.8 Å². The molecule has 3 N–H and O–H groups in total. The zero-order valence-electron chi connectivity index (χ0n) is 11.3. The molecule has 18 heavy (non-hydrogen) atoms. The minimum Gasteiger partial charge on any atom is -0.481 e. The molecule has 0 fully saturated rings. The number of aliphatic carboxylic acids is 1. The van der Waals surface area contributed by atoms with E-state index in [1.807, 2.05) is 13.8 Å². The predicted octanol–water partition coefficient (Wildman–Crippen LogP) is 0.488. The molecule has 108 valence electrons. The lowest BCUT2D eigenvalue weighted by Crippen LogP contribution is -2.42. The van der Waals surface area contributed by atoms with E-state index in [-0.39, 0.29) is 24.0 Å². The Morgan fingerprint density at radius 3 is 2.33 bits per heavy atom. The summed E-state index contributed by atoms with van der Waals surface area (Å²) in [5, 5.41) is 8.51. The topological polar surface area (TPSA) is 101 Å². The maximum absolute atomic E-state index is 12.0. The van der Waals surface area contributed by atoms with Crippen molar-refractivity contribution in [1.82, 2.24) is 4.31 Å². The summed E-state index contributed by atoms with van der Waals surface area (Å²) in [5.74, 6) is -1.11. The number of hydrogen-bond acceptors (Lipinski definition) is 4. The Hall–Kier alpha value is -0.660. The van der Waals surface area contributed by atoms with E-state index >= 15 is 0 Å². The van der Waals surface area contributed by atoms with Gasteiger partial charge in [0.1, 0.15) is 0 Å². The standard InChI is InChI=1S/C11H24N2O4S/c1-4-13(9-11(2,3)8-12)18(16,17)7-5-6-10(14)15/h4-9,12H2,1-3H3,(H,14,15). The Morgan fingerprint density at radius 1 is 1.39 bits per heavy atom. The third-order valence-electron chi connectivity index (χ3n) is 2.70. The van der Waals surface area contributed by atoms with Crippen molar-refractivity contribution in [3.05, 3.63) is 0 Å². The maximum atomic E-state index is 12.0. The molecule has 0 saturated heterocycles. The molecule has 0 heterocycles. The molecule has 0 aromatic rings. The molecule has 0 aromatic carbocycles. The zero-order valence-corrected chi connectivity index (χ0v) is 12.2. The lowest BCUT2D eigenvalue weighted by atomic mass is 9.94. The molecule has 0 aliphatic heterocycles. The van der Waals surface area contributed by atoms with Crippen molar-refractivity contribution >= 4 is 16.0 Å². The lowest BCUT2D eigenvalue weighted by Gasteiger charge is -2.30. The van der Waals surface area contributed by atoms with Crippen LogP contribution in [0.1, 0.15) is 33.6 Å². The Labute approximate surface area is 109 Å². The lowest BCUT2D eigenvalue weighted by molar-refractivity contribution is -0.137. The molecule has 0 amide bonds. The Balaban J connectivity index is 4.58. The summed E-state index contributed by atoms with van der Waals surface area (Å²) < 4.78 is 25.4. The first-order valence-corrected chi connectivity index (χ1v) is 7.65. The minimum absolute atomic E-state index is 0.128. The van der Waals surface area contributed by atoms with E-state index in [0.29, 0.717) is 19.6 Å². The van der Waals surface area contributed by atoms with Crippen molar-refractivity contribution in [2.45, 2.75) is 33.6 Å². The molecule has 0 atom stereocenters. The van der Waals surface area contributed by atoms with Gasteiger partial charge in [-0.1, -0.05) is 20.8 Å². The van der Waals surface area contributed by atoms with Crippen LogP contribution in [-0.2, 0) is 14.8 Å². The van der Waals surface area contributed by atoms with Crippen molar-refractivity contribution in [3.63, 3.8) is 0 Å². The highest BCUT2D eigenvalue weighted by molar-refractivity contribution is 7.89. The summed E-state index contributed by atoms with van der Waals surface area (Å²) in [4.78, 5) is 10.4. The highest BCUT2D eigenvalue weighted by atomic mass is 32.2. The third kappa shape index (κ3) is 6.32. The van der Waals surface area contributed by atoms with E-state index in [1.165, 1.54) is 4.31 Å². The maximum Gasteiger partial charge on any atom is 0.303 e. The van der Waals surface area contributed by atoms with Gasteiger partial charge in [0.25, 0.3) is 0 Å². The van der Waals surface area contributed by atoms with E-state index in [0.717, 1.165) is 0 Å². The van der Waals surface area contributed by atoms with E-state index < -0.39 is 16.0 Å². The average molecular weight is 280 g/mol. The van der Waals surface area contributed by atoms with E-state index in [9.17, 15) is 13.2 Å². The first-order chi connectivity index (χ1) is 8.14. The molecule has 6 nitrogen and oxygen atoms in total. The highest BCUT2D eigenvalue weighted by Gasteiger charge is 2.27. The van der Waals surface area contributed by atoms with Gasteiger partial charge in [-0.3, -0.25) is 4.79 Å². The van der Waals surface area contributed by atoms with Crippen molar-refractivity contribution in [2.24, 2.45) is 11.1 Å². The third-order valence-corrected chi connectivity index (χ3v) is 4.67. The van der Waals surface area contributed by atoms with Crippen LogP contribution in [0.15, 0.2) is 0 Å². The molecule has 0 spiro atoms. The summed E-state index contributed by atoms with van der Waals surface area (Å²) in [6.45, 7) is 6.70. The van der Waals surface area contributed by atoms with Gasteiger partial charge in [-0.25, -0.2) is 12.7 Å². The van der Waals surface area contributed by atoms with Crippen molar-refractivity contribution in [2.75, 3.05) is 25.4 Å². The molecule has 0 bridgehead atoms. The fourth-order valence-corrected chi connectivity index (χ4v) is 3.19. The van der Waals surface area contributed by atoms with Gasteiger partial charge in [0.15, 0.2) is 0 Å². The molecule has 0 saturated carbocycles. The number of sulfonamides is 1. The Kier molecular flexibility index (Phi) is 6.80. The van der Waals surface area contributed by atoms with Crippen LogP contribution in [0, 0.1) is 5.41 Å². The number of carbonyl (C=O) groups is 1. The number of carboxylic acids is 1. The average Bonchev–Trinajstić information content (AvgIpc) is 2.25. The van der Waals surface area contributed by atoms with Gasteiger partial charge in [0, 0.05) is 19.5 Å². The molecule has 0 rings (SSSR count). The monoisotopic (exact) mass is 280 g/mol. The first kappa shape index (κ1) is 17.3. The minimum atomic E-state index is -3.40. The summed E-state index contributed by atoms with van der Waals surface area (Å²) in [6, 6.07) is 0. The summed E-state index contributed by atoms with van der Waals surface area (Å²) in [6.07, 6.45) is 0.00822. The second kappa shape index (κ2) is 7.06. The van der Waals surface area contributed by atoms with Crippen LogP contribution >= 0.6 is 0 Å². The Morgan fingerprint density at radius 2 is 1.94 bits per heavy atom. The zero-order chi connectivity index (χ0) is 14.4. The second-order valence-corrected chi connectivity index (χ2v) is 7.20. The normalized spacial score (nSPS) is 12.9. The predicted molar refractivity (Wildman–Crippen MR) is 70.7 cm³/mol. The molecular weight excluding hydrogens is 256 g/mol. The molecular formula is C11H24N2O4S. The van der Waals surface area contributed by atoms with Gasteiger partial charge < -0.3 is 10.8 Å². The van der Waals surface area contributed by atoms with Gasteiger partial charge in [-0.15, -0.1) is 0 Å². The molecule has 0 radical (unpaired) electrons. The van der Waals surface area contributed by atoms with Crippen LogP contribution in [0.25, 0.3) is 0 Å². The number of carboxylic acid groups (broad SMARTS) is 1. The van der Waals surface area contributed by atoms with E-state index in [2.05, 4.69) is 0 Å². The first-order valence-electron chi connectivity index (χ1n) is 6.04. The van der Waals surface area contributed by atoms with Crippen LogP contribution in [0.5, 0.6) is 0 Å². The second-order valence-electron chi connectivity index (χ2n) is 5.11. The highest BCUT2D eigenvalue weighted by Crippen LogP contribution is 2.17. The van der Waals surface area contributed by atoms with Crippen LogP contribution in [0.4, 0.5) is 0 Å². The van der Waals surface area contributed by atoms with Crippen molar-refractivity contribution < 1.29 is 18.3 Å². The Bertz CT molecular complexity index is 365. The van der Waals surface area contributed by atoms with Crippen molar-refractivity contribution in [3.8, 4) is 0 Å². The quantitative estimate of drug-likeness (QED) is 0.640. The fraction of sp³-hybridized carbons (Fsp3) is 0.909. The van der Waals surface area contributed by atoms with Gasteiger partial charge >= 0.3 is 5.97 Å². The largest absolute Gasteiger partial charge is 0.481 e. The molecule has 0 aliphatic rings. The smallest absolute Gasteiger partial charge is 0.303 e. The van der Waals surface area contributed by atoms with Crippen LogP contribution in [0.2, 0.25) is 0 Å². The number of hydrogen-bond donors (Lipinski definition) is 2.